The van der Waals surface area contributed by atoms with Crippen molar-refractivity contribution >= 4 is 59.3 Å². The number of hydrogen-bond acceptors (Lipinski definition) is 6. The zero-order valence-electron chi connectivity index (χ0n) is 19.9. The van der Waals surface area contributed by atoms with Crippen molar-refractivity contribution < 1.29 is 13.2 Å². The maximum Gasteiger partial charge on any atom is 0.416 e. The zero-order valence-corrected chi connectivity index (χ0v) is 22.4. The number of anilines is 3. The van der Waals surface area contributed by atoms with Gasteiger partial charge in [-0.3, -0.25) is 4.98 Å². The molecule has 0 radical (unpaired) electrons. The number of aryl methyl sites for hydroxylation is 2. The van der Waals surface area contributed by atoms with E-state index in [0.717, 1.165) is 54.0 Å². The Hall–Kier alpha value is -2.53. The van der Waals surface area contributed by atoms with Crippen molar-refractivity contribution in [3.63, 3.8) is 0 Å². The lowest BCUT2D eigenvalue weighted by Crippen LogP contribution is -2.13. The summed E-state index contributed by atoms with van der Waals surface area (Å²) in [4.78, 5) is 16.1. The van der Waals surface area contributed by atoms with E-state index in [0.29, 0.717) is 28.6 Å². The summed E-state index contributed by atoms with van der Waals surface area (Å²) >= 11 is 5.33. The third kappa shape index (κ3) is 7.03. The van der Waals surface area contributed by atoms with Crippen LogP contribution in [-0.4, -0.2) is 45.5 Å². The Labute approximate surface area is 226 Å². The second-order valence-electron chi connectivity index (χ2n) is 8.56. The van der Waals surface area contributed by atoms with Crippen LogP contribution in [0.5, 0.6) is 0 Å². The van der Waals surface area contributed by atoms with Crippen molar-refractivity contribution in [2.24, 2.45) is 0 Å². The number of halogens is 5. The van der Waals surface area contributed by atoms with Crippen LogP contribution in [0.15, 0.2) is 36.7 Å². The van der Waals surface area contributed by atoms with Crippen LogP contribution in [-0.2, 0) is 19.0 Å². The fourth-order valence-corrected chi connectivity index (χ4v) is 4.05. The third-order valence-electron chi connectivity index (χ3n) is 5.55. The first-order valence-corrected chi connectivity index (χ1v) is 11.3. The Morgan fingerprint density at radius 2 is 1.86 bits per heavy atom. The number of nitrogens with one attached hydrogen (secondary N) is 2. The molecule has 0 amide bonds. The van der Waals surface area contributed by atoms with Crippen molar-refractivity contribution in [3.05, 3.63) is 59.0 Å². The van der Waals surface area contributed by atoms with Gasteiger partial charge in [0, 0.05) is 35.6 Å². The van der Waals surface area contributed by atoms with Crippen molar-refractivity contribution in [1.29, 1.82) is 0 Å². The first-order valence-electron chi connectivity index (χ1n) is 10.8. The maximum atomic E-state index is 13.2. The van der Waals surface area contributed by atoms with Crippen molar-refractivity contribution in [3.8, 4) is 11.3 Å². The average molecular weight is 559 g/mol. The molecule has 1 aliphatic heterocycles. The molecule has 1 aliphatic rings. The van der Waals surface area contributed by atoms with Crippen LogP contribution < -0.4 is 10.6 Å². The lowest BCUT2D eigenvalue weighted by molar-refractivity contribution is -0.137. The third-order valence-corrected chi connectivity index (χ3v) is 5.80. The number of benzene rings is 1. The van der Waals surface area contributed by atoms with Gasteiger partial charge in [-0.25, -0.2) is 9.97 Å². The zero-order chi connectivity index (χ0) is 24.5. The lowest BCUT2D eigenvalue weighted by atomic mass is 10.0. The minimum absolute atomic E-state index is 0. The minimum atomic E-state index is -4.45. The van der Waals surface area contributed by atoms with Gasteiger partial charge in [0.25, 0.3) is 0 Å². The number of pyridine rings is 1. The van der Waals surface area contributed by atoms with Gasteiger partial charge in [0.2, 0.25) is 5.95 Å². The largest absolute Gasteiger partial charge is 0.416 e. The molecule has 194 valence electrons. The van der Waals surface area contributed by atoms with Crippen LogP contribution in [0.4, 0.5) is 30.5 Å². The number of alkyl halides is 3. The quantitative estimate of drug-likeness (QED) is 0.347. The van der Waals surface area contributed by atoms with Crippen LogP contribution in [0.1, 0.15) is 28.8 Å². The van der Waals surface area contributed by atoms with E-state index in [1.54, 1.807) is 6.20 Å². The van der Waals surface area contributed by atoms with E-state index in [1.807, 2.05) is 33.3 Å². The molecule has 36 heavy (non-hydrogen) atoms. The molecule has 0 aliphatic carbocycles. The van der Waals surface area contributed by atoms with Crippen LogP contribution in [0.2, 0.25) is 0 Å². The molecule has 0 unspecified atom stereocenters. The van der Waals surface area contributed by atoms with Crippen molar-refractivity contribution in [2.45, 2.75) is 32.4 Å². The van der Waals surface area contributed by atoms with E-state index in [1.165, 1.54) is 6.07 Å². The molecule has 6 nitrogen and oxygen atoms in total. The highest BCUT2D eigenvalue weighted by atomic mass is 35.5. The second kappa shape index (κ2) is 12.1. The second-order valence-corrected chi connectivity index (χ2v) is 9.05. The number of fused-ring (bicyclic) bond motifs is 3. The smallest absolute Gasteiger partial charge is 0.349 e. The summed E-state index contributed by atoms with van der Waals surface area (Å²) in [7, 11) is 4.08. The highest BCUT2D eigenvalue weighted by Gasteiger charge is 2.32. The Balaban J connectivity index is 0.00000228. The molecule has 3 aromatic rings. The van der Waals surface area contributed by atoms with Gasteiger partial charge in [-0.15, -0.1) is 24.8 Å². The number of hydrogen-bond donors (Lipinski definition) is 2. The van der Waals surface area contributed by atoms with E-state index < -0.39 is 11.7 Å². The van der Waals surface area contributed by atoms with Crippen LogP contribution in [0.3, 0.4) is 0 Å². The van der Waals surface area contributed by atoms with E-state index >= 15 is 0 Å². The first kappa shape index (κ1) is 29.7. The van der Waals surface area contributed by atoms with E-state index in [4.69, 9.17) is 12.2 Å². The Morgan fingerprint density at radius 3 is 2.56 bits per heavy atom. The monoisotopic (exact) mass is 558 g/mol. The number of rotatable bonds is 6. The fourth-order valence-electron chi connectivity index (χ4n) is 3.79. The summed E-state index contributed by atoms with van der Waals surface area (Å²) in [5.41, 5.74) is 4.05. The van der Waals surface area contributed by atoms with Gasteiger partial charge in [-0.2, -0.15) is 13.2 Å². The number of aromatic nitrogens is 3. The number of thiocarbonyl (C=S) groups is 1. The van der Waals surface area contributed by atoms with Gasteiger partial charge in [0.05, 0.1) is 27.6 Å². The summed E-state index contributed by atoms with van der Waals surface area (Å²) in [6, 6.07) is 5.58. The summed E-state index contributed by atoms with van der Waals surface area (Å²) in [6.07, 6.45) is 1.32. The van der Waals surface area contributed by atoms with Crippen LogP contribution in [0, 0.1) is 6.92 Å². The molecule has 0 fully saturated rings. The Bertz CT molecular complexity index is 1240. The van der Waals surface area contributed by atoms with E-state index in [2.05, 4.69) is 30.5 Å². The minimum Gasteiger partial charge on any atom is -0.349 e. The average Bonchev–Trinajstić information content (AvgIpc) is 2.89. The molecule has 2 aromatic heterocycles. The van der Waals surface area contributed by atoms with Crippen molar-refractivity contribution in [2.75, 3.05) is 31.3 Å². The SMILES string of the molecule is Cc1ncc(CCCN(C)C)cc1Nc1ncc2c(n1)-c1ccc(C(F)(F)F)cc1NC(=S)C2.Cl.Cl. The molecular weight excluding hydrogens is 532 g/mol. The topological polar surface area (TPSA) is 66.0 Å². The normalized spacial score (nSPS) is 12.5. The highest BCUT2D eigenvalue weighted by molar-refractivity contribution is 7.80. The van der Waals surface area contributed by atoms with Crippen molar-refractivity contribution in [1.82, 2.24) is 19.9 Å². The molecule has 12 heteroatoms. The standard InChI is InChI=1S/C24H25F3N6S.2ClH/c1-14-19(9-15(12-28-14)5-4-8-33(2)3)31-23-29-13-16-10-21(34)30-20-11-17(24(25,26)27)6-7-18(20)22(16)32-23;;/h6-7,9,11-13H,4-5,8,10H2,1-3H3,(H,30,34)(H,29,31,32);2*1H. The highest BCUT2D eigenvalue weighted by Crippen LogP contribution is 2.38. The van der Waals surface area contributed by atoms with Gasteiger partial charge in [-0.1, -0.05) is 18.3 Å². The van der Waals surface area contributed by atoms with Gasteiger partial charge in [-0.05, 0) is 64.2 Å². The lowest BCUT2D eigenvalue weighted by Gasteiger charge is -2.14. The van der Waals surface area contributed by atoms with Gasteiger partial charge in [0.1, 0.15) is 0 Å². The predicted octanol–water partition coefficient (Wildman–Crippen LogP) is 6.24. The molecule has 0 spiro atoms. The molecular formula is C24H27Cl2F3N6S. The first-order chi connectivity index (χ1) is 16.1. The molecule has 0 bridgehead atoms. The summed E-state index contributed by atoms with van der Waals surface area (Å²) in [5.74, 6) is 0.341. The number of nitrogens with zero attached hydrogens (tertiary/aromatic N) is 4. The molecule has 3 heterocycles. The molecule has 2 N–H and O–H groups in total. The van der Waals surface area contributed by atoms with E-state index in [-0.39, 0.29) is 30.5 Å². The summed E-state index contributed by atoms with van der Waals surface area (Å²) < 4.78 is 39.7. The van der Waals surface area contributed by atoms with Crippen LogP contribution in [0.25, 0.3) is 11.3 Å². The predicted molar refractivity (Wildman–Crippen MR) is 146 cm³/mol. The molecule has 0 saturated carbocycles. The molecule has 0 saturated heterocycles. The van der Waals surface area contributed by atoms with Gasteiger partial charge >= 0.3 is 6.18 Å². The Kier molecular flexibility index (Phi) is 10.0. The van der Waals surface area contributed by atoms with Gasteiger partial charge < -0.3 is 15.5 Å². The van der Waals surface area contributed by atoms with Gasteiger partial charge in [0.15, 0.2) is 0 Å². The molecule has 0 atom stereocenters. The summed E-state index contributed by atoms with van der Waals surface area (Å²) in [6.45, 7) is 2.88. The molecule has 1 aromatic carbocycles. The Morgan fingerprint density at radius 1 is 1.11 bits per heavy atom. The van der Waals surface area contributed by atoms with Crippen LogP contribution >= 0.6 is 37.0 Å². The fraction of sp³-hybridized carbons (Fsp3) is 0.333. The summed E-state index contributed by atoms with van der Waals surface area (Å²) in [5, 5.41) is 6.16. The van der Waals surface area contributed by atoms with E-state index in [9.17, 15) is 13.2 Å². The maximum absolute atomic E-state index is 13.2. The molecule has 4 rings (SSSR count).